The number of aliphatic imine (C=N–C) groups is 1. The van der Waals surface area contributed by atoms with Gasteiger partial charge in [0.05, 0.1) is 11.9 Å². The highest BCUT2D eigenvalue weighted by molar-refractivity contribution is 5.79. The number of guanidine groups is 1. The van der Waals surface area contributed by atoms with E-state index in [-0.39, 0.29) is 5.91 Å². The van der Waals surface area contributed by atoms with E-state index in [0.717, 1.165) is 35.7 Å². The van der Waals surface area contributed by atoms with E-state index in [9.17, 15) is 4.79 Å². The Morgan fingerprint density at radius 2 is 1.94 bits per heavy atom. The standard InChI is InChI=1S/C25H30N6O/c1-26-25(29(2)17-22-16-28-31(19-22)23-10-4-3-5-11-23)27-15-20-8-6-9-21(14-20)18-30-13-7-12-24(30)32/h3-6,8-11,14,16,19H,7,12-13,15,17-18H2,1-2H3,(H,26,27). The first kappa shape index (κ1) is 21.6. The molecule has 166 valence electrons. The van der Waals surface area contributed by atoms with Gasteiger partial charge in [-0.05, 0) is 29.7 Å². The van der Waals surface area contributed by atoms with Crippen molar-refractivity contribution in [2.75, 3.05) is 20.6 Å². The van der Waals surface area contributed by atoms with Gasteiger partial charge in [0.15, 0.2) is 5.96 Å². The molecular formula is C25H30N6O. The summed E-state index contributed by atoms with van der Waals surface area (Å²) in [4.78, 5) is 20.4. The number of likely N-dealkylation sites (tertiary alicyclic amines) is 1. The molecule has 0 radical (unpaired) electrons. The van der Waals surface area contributed by atoms with Gasteiger partial charge in [-0.25, -0.2) is 4.68 Å². The molecule has 32 heavy (non-hydrogen) atoms. The Labute approximate surface area is 189 Å². The van der Waals surface area contributed by atoms with E-state index < -0.39 is 0 Å². The number of rotatable bonds is 7. The number of amides is 1. The van der Waals surface area contributed by atoms with Crippen LogP contribution in [-0.4, -0.2) is 52.1 Å². The van der Waals surface area contributed by atoms with Crippen molar-refractivity contribution in [3.63, 3.8) is 0 Å². The lowest BCUT2D eigenvalue weighted by Gasteiger charge is -2.22. The quantitative estimate of drug-likeness (QED) is 0.462. The van der Waals surface area contributed by atoms with E-state index in [2.05, 4.69) is 44.6 Å². The van der Waals surface area contributed by atoms with Crippen LogP contribution < -0.4 is 5.32 Å². The Morgan fingerprint density at radius 1 is 1.12 bits per heavy atom. The Morgan fingerprint density at radius 3 is 2.69 bits per heavy atom. The van der Waals surface area contributed by atoms with Gasteiger partial charge in [0.25, 0.3) is 0 Å². The molecule has 0 atom stereocenters. The SMILES string of the molecule is CN=C(NCc1cccc(CN2CCCC2=O)c1)N(C)Cc1cnn(-c2ccccc2)c1. The number of nitrogens with one attached hydrogen (secondary N) is 1. The highest BCUT2D eigenvalue weighted by Gasteiger charge is 2.20. The number of carbonyl (C=O) groups excluding carboxylic acids is 1. The van der Waals surface area contributed by atoms with E-state index in [1.54, 1.807) is 7.05 Å². The summed E-state index contributed by atoms with van der Waals surface area (Å²) < 4.78 is 1.88. The summed E-state index contributed by atoms with van der Waals surface area (Å²) in [5, 5.41) is 7.92. The van der Waals surface area contributed by atoms with Crippen molar-refractivity contribution in [3.05, 3.63) is 83.7 Å². The molecule has 0 unspecified atom stereocenters. The van der Waals surface area contributed by atoms with Gasteiger partial charge in [-0.1, -0.05) is 42.5 Å². The molecule has 1 aromatic heterocycles. The molecule has 7 heteroatoms. The first-order valence-electron chi connectivity index (χ1n) is 11.0. The smallest absolute Gasteiger partial charge is 0.222 e. The second kappa shape index (κ2) is 10.1. The third kappa shape index (κ3) is 5.35. The summed E-state index contributed by atoms with van der Waals surface area (Å²) in [6.45, 7) is 2.91. The van der Waals surface area contributed by atoms with Gasteiger partial charge in [-0.3, -0.25) is 9.79 Å². The molecule has 0 saturated carbocycles. The lowest BCUT2D eigenvalue weighted by Crippen LogP contribution is -2.38. The minimum absolute atomic E-state index is 0.256. The fourth-order valence-electron chi connectivity index (χ4n) is 4.01. The summed E-state index contributed by atoms with van der Waals surface area (Å²) >= 11 is 0. The fraction of sp³-hybridized carbons (Fsp3) is 0.320. The van der Waals surface area contributed by atoms with Crippen molar-refractivity contribution in [1.82, 2.24) is 24.9 Å². The van der Waals surface area contributed by atoms with Crippen LogP contribution in [0.4, 0.5) is 0 Å². The van der Waals surface area contributed by atoms with Crippen molar-refractivity contribution in [3.8, 4) is 5.69 Å². The molecular weight excluding hydrogens is 400 g/mol. The van der Waals surface area contributed by atoms with Gasteiger partial charge in [-0.15, -0.1) is 0 Å². The monoisotopic (exact) mass is 430 g/mol. The molecule has 7 nitrogen and oxygen atoms in total. The number of benzene rings is 2. The van der Waals surface area contributed by atoms with Gasteiger partial charge < -0.3 is 15.1 Å². The fourth-order valence-corrected chi connectivity index (χ4v) is 4.01. The Balaban J connectivity index is 1.33. The maximum Gasteiger partial charge on any atom is 0.222 e. The second-order valence-electron chi connectivity index (χ2n) is 8.12. The molecule has 2 aromatic carbocycles. The molecule has 1 fully saturated rings. The minimum atomic E-state index is 0.256. The zero-order chi connectivity index (χ0) is 22.3. The number of hydrogen-bond donors (Lipinski definition) is 1. The number of aromatic nitrogens is 2. The highest BCUT2D eigenvalue weighted by Crippen LogP contribution is 2.15. The summed E-state index contributed by atoms with van der Waals surface area (Å²) in [5.41, 5.74) is 4.48. The number of hydrogen-bond acceptors (Lipinski definition) is 3. The number of carbonyl (C=O) groups is 1. The summed E-state index contributed by atoms with van der Waals surface area (Å²) in [7, 11) is 3.81. The Bertz CT molecular complexity index is 1070. The zero-order valence-electron chi connectivity index (χ0n) is 18.7. The van der Waals surface area contributed by atoms with Crippen LogP contribution in [0.15, 0.2) is 72.0 Å². The van der Waals surface area contributed by atoms with Gasteiger partial charge in [0, 0.05) is 58.5 Å². The first-order chi connectivity index (χ1) is 15.6. The van der Waals surface area contributed by atoms with E-state index in [1.165, 1.54) is 5.56 Å². The van der Waals surface area contributed by atoms with Crippen molar-refractivity contribution >= 4 is 11.9 Å². The Kier molecular flexibility index (Phi) is 6.84. The third-order valence-electron chi connectivity index (χ3n) is 5.64. The van der Waals surface area contributed by atoms with E-state index in [0.29, 0.717) is 26.1 Å². The molecule has 0 spiro atoms. The first-order valence-corrected chi connectivity index (χ1v) is 11.0. The van der Waals surface area contributed by atoms with Crippen molar-refractivity contribution < 1.29 is 4.79 Å². The summed E-state index contributed by atoms with van der Waals surface area (Å²) in [6, 6.07) is 18.5. The molecule has 1 saturated heterocycles. The second-order valence-corrected chi connectivity index (χ2v) is 8.12. The summed E-state index contributed by atoms with van der Waals surface area (Å²) in [6.07, 6.45) is 5.57. The molecule has 1 aliphatic heterocycles. The lowest BCUT2D eigenvalue weighted by atomic mass is 10.1. The van der Waals surface area contributed by atoms with Crippen LogP contribution in [0.1, 0.15) is 29.5 Å². The number of nitrogens with zero attached hydrogens (tertiary/aromatic N) is 5. The van der Waals surface area contributed by atoms with Crippen LogP contribution in [-0.2, 0) is 24.4 Å². The normalized spacial score (nSPS) is 14.1. The molecule has 1 aliphatic rings. The lowest BCUT2D eigenvalue weighted by molar-refractivity contribution is -0.128. The zero-order valence-corrected chi connectivity index (χ0v) is 18.7. The van der Waals surface area contributed by atoms with Crippen LogP contribution in [0.3, 0.4) is 0 Å². The predicted molar refractivity (Wildman–Crippen MR) is 126 cm³/mol. The topological polar surface area (TPSA) is 65.8 Å². The van der Waals surface area contributed by atoms with E-state index in [4.69, 9.17) is 0 Å². The molecule has 3 aromatic rings. The van der Waals surface area contributed by atoms with Gasteiger partial charge in [0.1, 0.15) is 0 Å². The average Bonchev–Trinajstić information content (AvgIpc) is 3.44. The van der Waals surface area contributed by atoms with Crippen LogP contribution in [0.25, 0.3) is 5.69 Å². The van der Waals surface area contributed by atoms with Crippen molar-refractivity contribution in [1.29, 1.82) is 0 Å². The molecule has 1 amide bonds. The maximum absolute atomic E-state index is 11.9. The molecule has 4 rings (SSSR count). The molecule has 0 bridgehead atoms. The van der Waals surface area contributed by atoms with Gasteiger partial charge in [-0.2, -0.15) is 5.10 Å². The average molecular weight is 431 g/mol. The third-order valence-corrected chi connectivity index (χ3v) is 5.64. The Hall–Kier alpha value is -3.61. The van der Waals surface area contributed by atoms with Crippen LogP contribution >= 0.6 is 0 Å². The summed E-state index contributed by atoms with van der Waals surface area (Å²) in [5.74, 6) is 1.07. The molecule has 0 aliphatic carbocycles. The van der Waals surface area contributed by atoms with Crippen LogP contribution in [0, 0.1) is 0 Å². The van der Waals surface area contributed by atoms with Gasteiger partial charge in [0.2, 0.25) is 5.91 Å². The van der Waals surface area contributed by atoms with E-state index >= 15 is 0 Å². The largest absolute Gasteiger partial charge is 0.352 e. The van der Waals surface area contributed by atoms with Gasteiger partial charge >= 0.3 is 0 Å². The minimum Gasteiger partial charge on any atom is -0.352 e. The van der Waals surface area contributed by atoms with Crippen LogP contribution in [0.5, 0.6) is 0 Å². The number of para-hydroxylation sites is 1. The van der Waals surface area contributed by atoms with E-state index in [1.807, 2.05) is 59.4 Å². The maximum atomic E-state index is 11.9. The van der Waals surface area contributed by atoms with Crippen molar-refractivity contribution in [2.45, 2.75) is 32.5 Å². The molecule has 2 heterocycles. The van der Waals surface area contributed by atoms with Crippen LogP contribution in [0.2, 0.25) is 0 Å². The highest BCUT2D eigenvalue weighted by atomic mass is 16.2. The predicted octanol–water partition coefficient (Wildman–Crippen LogP) is 3.20. The molecule has 1 N–H and O–H groups in total. The van der Waals surface area contributed by atoms with Crippen molar-refractivity contribution in [2.24, 2.45) is 4.99 Å².